The monoisotopic (exact) mass is 511 g/mol. The summed E-state index contributed by atoms with van der Waals surface area (Å²) in [7, 11) is 0. The van der Waals surface area contributed by atoms with Crippen molar-refractivity contribution in [3.8, 4) is 0 Å². The molecule has 0 bridgehead atoms. The zero-order valence-corrected chi connectivity index (χ0v) is 16.4. The molecule has 0 spiro atoms. The van der Waals surface area contributed by atoms with E-state index >= 15 is 0 Å². The van der Waals surface area contributed by atoms with E-state index in [0.717, 1.165) is 8.04 Å². The van der Waals surface area contributed by atoms with Crippen LogP contribution in [0.5, 0.6) is 0 Å². The van der Waals surface area contributed by atoms with Crippen LogP contribution in [0.15, 0.2) is 59.3 Å². The molecule has 3 aromatic rings. The van der Waals surface area contributed by atoms with Crippen LogP contribution in [-0.2, 0) is 0 Å². The van der Waals surface area contributed by atoms with Crippen molar-refractivity contribution in [2.75, 3.05) is 10.6 Å². The maximum Gasteiger partial charge on any atom is 0.353 e. The molecule has 0 saturated carbocycles. The highest BCUT2D eigenvalue weighted by atomic mass is 127. The molecule has 2 N–H and O–H groups in total. The van der Waals surface area contributed by atoms with Crippen LogP contribution in [0.3, 0.4) is 0 Å². The molecule has 3 rings (SSSR count). The molecular weight excluding hydrogens is 501 g/mol. The number of halogens is 2. The minimum absolute atomic E-state index is 0.117. The third kappa shape index (κ3) is 4.42. The number of anilines is 4. The summed E-state index contributed by atoms with van der Waals surface area (Å²) in [6.07, 6.45) is 1.28. The van der Waals surface area contributed by atoms with Gasteiger partial charge in [-0.1, -0.05) is 22.0 Å². The van der Waals surface area contributed by atoms with Gasteiger partial charge >= 0.3 is 5.69 Å². The summed E-state index contributed by atoms with van der Waals surface area (Å²) in [5, 5.41) is 17.5. The van der Waals surface area contributed by atoms with Crippen molar-refractivity contribution < 1.29 is 4.92 Å². The molecule has 0 aliphatic heterocycles. The average molecular weight is 512 g/mol. The van der Waals surface area contributed by atoms with Gasteiger partial charge in [-0.2, -0.15) is 0 Å². The second-order valence-electron chi connectivity index (χ2n) is 4.94. The first-order valence-electron chi connectivity index (χ1n) is 7.07. The maximum atomic E-state index is 11.6. The first-order valence-corrected chi connectivity index (χ1v) is 8.94. The zero-order valence-electron chi connectivity index (χ0n) is 12.6. The van der Waals surface area contributed by atoms with Crippen LogP contribution >= 0.6 is 38.5 Å². The molecule has 0 aliphatic rings. The third-order valence-corrected chi connectivity index (χ3v) is 4.41. The van der Waals surface area contributed by atoms with Gasteiger partial charge < -0.3 is 10.6 Å². The molecule has 7 nitrogen and oxygen atoms in total. The van der Waals surface area contributed by atoms with E-state index in [-0.39, 0.29) is 17.3 Å². The van der Waals surface area contributed by atoms with E-state index in [0.29, 0.717) is 11.4 Å². The van der Waals surface area contributed by atoms with Gasteiger partial charge in [-0.25, -0.2) is 9.97 Å². The highest BCUT2D eigenvalue weighted by molar-refractivity contribution is 14.1. The summed E-state index contributed by atoms with van der Waals surface area (Å²) < 4.78 is 1.92. The number of aromatic nitrogens is 2. The minimum atomic E-state index is -0.505. The molecule has 0 aliphatic carbocycles. The zero-order chi connectivity index (χ0) is 17.8. The van der Waals surface area contributed by atoms with Gasteiger partial charge in [0.05, 0.1) is 4.92 Å². The Morgan fingerprint density at radius 2 is 1.64 bits per heavy atom. The van der Waals surface area contributed by atoms with Crippen LogP contribution in [-0.4, -0.2) is 14.9 Å². The van der Waals surface area contributed by atoms with E-state index in [4.69, 9.17) is 0 Å². The van der Waals surface area contributed by atoms with Gasteiger partial charge in [0.15, 0.2) is 0 Å². The molecule has 0 fully saturated rings. The highest BCUT2D eigenvalue weighted by Gasteiger charge is 2.23. The van der Waals surface area contributed by atoms with Crippen LogP contribution in [0.25, 0.3) is 0 Å². The van der Waals surface area contributed by atoms with Crippen molar-refractivity contribution in [3.05, 3.63) is 73.0 Å². The molecular formula is C16H11BrIN5O2. The van der Waals surface area contributed by atoms with Gasteiger partial charge in [0.25, 0.3) is 0 Å². The number of hydrogen-bond acceptors (Lipinski definition) is 6. The average Bonchev–Trinajstić information content (AvgIpc) is 2.57. The number of nitro groups is 1. The van der Waals surface area contributed by atoms with Crippen LogP contribution in [0.2, 0.25) is 0 Å². The summed E-state index contributed by atoms with van der Waals surface area (Å²) in [4.78, 5) is 19.1. The highest BCUT2D eigenvalue weighted by Crippen LogP contribution is 2.33. The Morgan fingerprint density at radius 1 is 1.00 bits per heavy atom. The molecule has 2 aromatic carbocycles. The van der Waals surface area contributed by atoms with Crippen molar-refractivity contribution in [1.82, 2.24) is 9.97 Å². The molecule has 1 heterocycles. The van der Waals surface area contributed by atoms with Crippen molar-refractivity contribution in [3.63, 3.8) is 0 Å². The van der Waals surface area contributed by atoms with Crippen molar-refractivity contribution in [2.24, 2.45) is 0 Å². The fourth-order valence-corrected chi connectivity index (χ4v) is 2.87. The Kier molecular flexibility index (Phi) is 5.43. The molecule has 9 heteroatoms. The fraction of sp³-hybridized carbons (Fsp3) is 0. The van der Waals surface area contributed by atoms with Gasteiger partial charge in [0, 0.05) is 19.4 Å². The molecule has 25 heavy (non-hydrogen) atoms. The second kappa shape index (κ2) is 7.74. The first kappa shape index (κ1) is 17.5. The lowest BCUT2D eigenvalue weighted by Crippen LogP contribution is -2.05. The van der Waals surface area contributed by atoms with E-state index in [1.165, 1.54) is 6.33 Å². The second-order valence-corrected chi connectivity index (χ2v) is 7.11. The molecule has 0 unspecified atom stereocenters. The number of hydrogen-bond donors (Lipinski definition) is 2. The predicted molar refractivity (Wildman–Crippen MR) is 109 cm³/mol. The topological polar surface area (TPSA) is 93.0 Å². The quantitative estimate of drug-likeness (QED) is 0.276. The molecule has 0 atom stereocenters. The van der Waals surface area contributed by atoms with Gasteiger partial charge in [-0.3, -0.25) is 10.1 Å². The van der Waals surface area contributed by atoms with Gasteiger partial charge in [-0.15, -0.1) is 0 Å². The largest absolute Gasteiger partial charge is 0.353 e. The Balaban J connectivity index is 1.96. The van der Waals surface area contributed by atoms with Gasteiger partial charge in [-0.05, 0) is 65.1 Å². The molecule has 126 valence electrons. The van der Waals surface area contributed by atoms with Crippen LogP contribution in [0.4, 0.5) is 28.7 Å². The van der Waals surface area contributed by atoms with Crippen LogP contribution in [0, 0.1) is 13.7 Å². The van der Waals surface area contributed by atoms with Crippen molar-refractivity contribution in [1.29, 1.82) is 0 Å². The summed E-state index contributed by atoms with van der Waals surface area (Å²) >= 11 is 5.56. The third-order valence-electron chi connectivity index (χ3n) is 3.20. The number of nitrogens with one attached hydrogen (secondary N) is 2. The normalized spacial score (nSPS) is 10.3. The standard InChI is InChI=1S/C16H11BrIN5O2/c17-10-2-1-3-13(8-10)22-16-14(23(24)25)15(19-9-20-16)21-12-6-4-11(18)5-7-12/h1-9H,(H2,19,20,21,22). The Hall–Kier alpha value is -2.27. The van der Waals surface area contributed by atoms with Gasteiger partial charge in [0.2, 0.25) is 11.6 Å². The maximum absolute atomic E-state index is 11.6. The molecule has 0 saturated heterocycles. The summed E-state index contributed by atoms with van der Waals surface area (Å²) in [6.45, 7) is 0. The number of benzene rings is 2. The summed E-state index contributed by atoms with van der Waals surface area (Å²) in [5.74, 6) is 0.241. The number of rotatable bonds is 5. The van der Waals surface area contributed by atoms with E-state index in [2.05, 4.69) is 59.1 Å². The smallest absolute Gasteiger partial charge is 0.334 e. The Morgan fingerprint density at radius 3 is 2.24 bits per heavy atom. The lowest BCUT2D eigenvalue weighted by atomic mass is 10.3. The summed E-state index contributed by atoms with van der Waals surface area (Å²) in [6, 6.07) is 14.7. The van der Waals surface area contributed by atoms with Crippen LogP contribution in [0.1, 0.15) is 0 Å². The molecule has 0 radical (unpaired) electrons. The van der Waals surface area contributed by atoms with E-state index in [1.807, 2.05) is 36.4 Å². The van der Waals surface area contributed by atoms with Crippen molar-refractivity contribution >= 4 is 67.2 Å². The van der Waals surface area contributed by atoms with E-state index in [1.54, 1.807) is 12.1 Å². The van der Waals surface area contributed by atoms with Gasteiger partial charge in [0.1, 0.15) is 6.33 Å². The van der Waals surface area contributed by atoms with E-state index in [9.17, 15) is 10.1 Å². The molecule has 0 amide bonds. The van der Waals surface area contributed by atoms with Crippen LogP contribution < -0.4 is 10.6 Å². The Labute approximate surface area is 165 Å². The first-order chi connectivity index (χ1) is 12.0. The van der Waals surface area contributed by atoms with E-state index < -0.39 is 4.92 Å². The lowest BCUT2D eigenvalue weighted by molar-refractivity contribution is -0.383. The minimum Gasteiger partial charge on any atom is -0.334 e. The molecule has 1 aromatic heterocycles. The SMILES string of the molecule is O=[N+]([O-])c1c(Nc2ccc(I)cc2)ncnc1Nc1cccc(Br)c1. The Bertz CT molecular complexity index is 921. The predicted octanol–water partition coefficient (Wildman–Crippen LogP) is 5.24. The lowest BCUT2D eigenvalue weighted by Gasteiger charge is -2.10. The number of nitrogens with zero attached hydrogens (tertiary/aromatic N) is 3. The van der Waals surface area contributed by atoms with Crippen molar-refractivity contribution in [2.45, 2.75) is 0 Å². The fourth-order valence-electron chi connectivity index (χ4n) is 2.11. The summed E-state index contributed by atoms with van der Waals surface area (Å²) in [5.41, 5.74) is 1.16.